The third kappa shape index (κ3) is 4.14. The van der Waals surface area contributed by atoms with E-state index in [4.69, 9.17) is 9.94 Å². The maximum atomic E-state index is 8.61. The van der Waals surface area contributed by atoms with Crippen LogP contribution < -0.4 is 4.74 Å². The first kappa shape index (κ1) is 12.9. The van der Waals surface area contributed by atoms with Crippen molar-refractivity contribution in [2.75, 3.05) is 18.6 Å². The van der Waals surface area contributed by atoms with Gasteiger partial charge < -0.3 is 9.94 Å². The second-order valence-corrected chi connectivity index (χ2v) is 4.39. The molecule has 0 atom stereocenters. The number of benzene rings is 1. The minimum atomic E-state index is 0.605. The molecule has 0 aromatic heterocycles. The predicted octanol–water partition coefficient (Wildman–Crippen LogP) is 3.02. The summed E-state index contributed by atoms with van der Waals surface area (Å²) in [6.07, 6.45) is 3.14. The van der Waals surface area contributed by atoms with Crippen LogP contribution in [-0.4, -0.2) is 29.5 Å². The maximum absolute atomic E-state index is 8.61. The van der Waals surface area contributed by atoms with Crippen molar-refractivity contribution >= 4 is 17.5 Å². The van der Waals surface area contributed by atoms with E-state index in [0.717, 1.165) is 30.1 Å². The minimum absolute atomic E-state index is 0.605. The van der Waals surface area contributed by atoms with Crippen LogP contribution in [0.5, 0.6) is 5.75 Å². The van der Waals surface area contributed by atoms with Gasteiger partial charge in [0.25, 0.3) is 0 Å². The molecule has 4 heteroatoms. The van der Waals surface area contributed by atoms with E-state index in [1.54, 1.807) is 6.92 Å². The van der Waals surface area contributed by atoms with E-state index >= 15 is 0 Å². The first-order valence-electron chi connectivity index (χ1n) is 5.18. The SMILES string of the molecule is CSCCCOc1ccc(/C(C)=N/O)cc1. The molecule has 0 saturated heterocycles. The number of hydrogen-bond donors (Lipinski definition) is 1. The number of rotatable bonds is 6. The topological polar surface area (TPSA) is 41.8 Å². The molecule has 0 unspecified atom stereocenters. The van der Waals surface area contributed by atoms with Gasteiger partial charge in [-0.15, -0.1) is 0 Å². The average Bonchev–Trinajstić information content (AvgIpc) is 2.34. The zero-order valence-electron chi connectivity index (χ0n) is 9.64. The normalized spacial score (nSPS) is 11.5. The molecule has 0 fully saturated rings. The van der Waals surface area contributed by atoms with Gasteiger partial charge >= 0.3 is 0 Å². The lowest BCUT2D eigenvalue weighted by molar-refractivity contribution is 0.317. The van der Waals surface area contributed by atoms with Crippen LogP contribution in [0.1, 0.15) is 18.9 Å². The summed E-state index contributed by atoms with van der Waals surface area (Å²) < 4.78 is 5.56. The Bertz CT molecular complexity index is 335. The first-order valence-corrected chi connectivity index (χ1v) is 6.58. The van der Waals surface area contributed by atoms with Gasteiger partial charge in [-0.3, -0.25) is 0 Å². The van der Waals surface area contributed by atoms with E-state index in [0.29, 0.717) is 5.71 Å². The van der Waals surface area contributed by atoms with Gasteiger partial charge in [0.05, 0.1) is 12.3 Å². The van der Waals surface area contributed by atoms with Crippen molar-refractivity contribution < 1.29 is 9.94 Å². The van der Waals surface area contributed by atoms with Crippen LogP contribution in [0.3, 0.4) is 0 Å². The Morgan fingerprint density at radius 1 is 1.38 bits per heavy atom. The monoisotopic (exact) mass is 239 g/mol. The summed E-state index contributed by atoms with van der Waals surface area (Å²) in [6.45, 7) is 2.50. The van der Waals surface area contributed by atoms with Crippen molar-refractivity contribution in [2.24, 2.45) is 5.16 Å². The molecule has 1 rings (SSSR count). The predicted molar refractivity (Wildman–Crippen MR) is 68.9 cm³/mol. The summed E-state index contributed by atoms with van der Waals surface area (Å²) in [4.78, 5) is 0. The van der Waals surface area contributed by atoms with Gasteiger partial charge in [0.15, 0.2) is 0 Å². The Morgan fingerprint density at radius 2 is 2.06 bits per heavy atom. The second-order valence-electron chi connectivity index (χ2n) is 3.40. The van der Waals surface area contributed by atoms with Crippen molar-refractivity contribution in [2.45, 2.75) is 13.3 Å². The number of thioether (sulfide) groups is 1. The van der Waals surface area contributed by atoms with Gasteiger partial charge in [0.2, 0.25) is 0 Å². The Morgan fingerprint density at radius 3 is 2.62 bits per heavy atom. The van der Waals surface area contributed by atoms with Gasteiger partial charge in [0.1, 0.15) is 5.75 Å². The van der Waals surface area contributed by atoms with Crippen LogP contribution in [0.2, 0.25) is 0 Å². The molecule has 1 aromatic rings. The lowest BCUT2D eigenvalue weighted by atomic mass is 10.1. The summed E-state index contributed by atoms with van der Waals surface area (Å²) in [5.74, 6) is 1.98. The highest BCUT2D eigenvalue weighted by molar-refractivity contribution is 7.98. The highest BCUT2D eigenvalue weighted by Crippen LogP contribution is 2.13. The van der Waals surface area contributed by atoms with E-state index in [2.05, 4.69) is 11.4 Å². The summed E-state index contributed by atoms with van der Waals surface area (Å²) in [5, 5.41) is 11.8. The van der Waals surface area contributed by atoms with Crippen LogP contribution >= 0.6 is 11.8 Å². The molecule has 0 amide bonds. The molecule has 88 valence electrons. The Labute approximate surface area is 101 Å². The maximum Gasteiger partial charge on any atom is 0.119 e. The van der Waals surface area contributed by atoms with Crippen molar-refractivity contribution in [3.63, 3.8) is 0 Å². The average molecular weight is 239 g/mol. The minimum Gasteiger partial charge on any atom is -0.494 e. The second kappa shape index (κ2) is 7.17. The third-order valence-electron chi connectivity index (χ3n) is 2.18. The number of hydrogen-bond acceptors (Lipinski definition) is 4. The van der Waals surface area contributed by atoms with Crippen molar-refractivity contribution in [1.82, 2.24) is 0 Å². The molecule has 0 radical (unpaired) electrons. The van der Waals surface area contributed by atoms with Gasteiger partial charge in [-0.05, 0) is 55.2 Å². The molecule has 0 aliphatic heterocycles. The molecule has 0 bridgehead atoms. The van der Waals surface area contributed by atoms with Gasteiger partial charge in [-0.2, -0.15) is 11.8 Å². The zero-order valence-corrected chi connectivity index (χ0v) is 10.5. The van der Waals surface area contributed by atoms with Crippen molar-refractivity contribution in [1.29, 1.82) is 0 Å². The summed E-state index contributed by atoms with van der Waals surface area (Å²) in [7, 11) is 0. The molecule has 0 spiro atoms. The largest absolute Gasteiger partial charge is 0.494 e. The zero-order chi connectivity index (χ0) is 11.8. The summed E-state index contributed by atoms with van der Waals surface area (Å²) in [6, 6.07) is 7.56. The molecule has 1 N–H and O–H groups in total. The molecule has 1 aromatic carbocycles. The highest BCUT2D eigenvalue weighted by atomic mass is 32.2. The molecule has 0 heterocycles. The fourth-order valence-corrected chi connectivity index (χ4v) is 1.65. The van der Waals surface area contributed by atoms with Gasteiger partial charge in [0, 0.05) is 0 Å². The number of oxime groups is 1. The molecule has 0 aliphatic carbocycles. The molecular weight excluding hydrogens is 222 g/mol. The quantitative estimate of drug-likeness (QED) is 0.359. The van der Waals surface area contributed by atoms with Gasteiger partial charge in [-0.1, -0.05) is 5.16 Å². The van der Waals surface area contributed by atoms with E-state index in [1.807, 2.05) is 36.0 Å². The van der Waals surface area contributed by atoms with Crippen LogP contribution in [0.15, 0.2) is 29.4 Å². The molecule has 16 heavy (non-hydrogen) atoms. The lowest BCUT2D eigenvalue weighted by Gasteiger charge is -2.06. The number of ether oxygens (including phenoxy) is 1. The third-order valence-corrected chi connectivity index (χ3v) is 2.88. The highest BCUT2D eigenvalue weighted by Gasteiger charge is 1.98. The number of nitrogens with zero attached hydrogens (tertiary/aromatic N) is 1. The van der Waals surface area contributed by atoms with Crippen LogP contribution in [-0.2, 0) is 0 Å². The first-order chi connectivity index (χ1) is 7.77. The van der Waals surface area contributed by atoms with Gasteiger partial charge in [-0.25, -0.2) is 0 Å². The van der Waals surface area contributed by atoms with Crippen LogP contribution in [0.25, 0.3) is 0 Å². The molecule has 3 nitrogen and oxygen atoms in total. The summed E-state index contributed by atoms with van der Waals surface area (Å²) >= 11 is 1.82. The van der Waals surface area contributed by atoms with Crippen LogP contribution in [0.4, 0.5) is 0 Å². The van der Waals surface area contributed by atoms with Crippen molar-refractivity contribution in [3.05, 3.63) is 29.8 Å². The molecule has 0 aliphatic rings. The Balaban J connectivity index is 2.45. The van der Waals surface area contributed by atoms with E-state index in [1.165, 1.54) is 0 Å². The Hall–Kier alpha value is -1.16. The van der Waals surface area contributed by atoms with Crippen molar-refractivity contribution in [3.8, 4) is 5.75 Å². The Kier molecular flexibility index (Phi) is 5.78. The fraction of sp³-hybridized carbons (Fsp3) is 0.417. The van der Waals surface area contributed by atoms with E-state index < -0.39 is 0 Å². The smallest absolute Gasteiger partial charge is 0.119 e. The lowest BCUT2D eigenvalue weighted by Crippen LogP contribution is -1.99. The molecular formula is C12H17NO2S. The summed E-state index contributed by atoms with van der Waals surface area (Å²) in [5.41, 5.74) is 1.51. The molecule has 0 saturated carbocycles. The van der Waals surface area contributed by atoms with E-state index in [-0.39, 0.29) is 0 Å². The standard InChI is InChI=1S/C12H17NO2S/c1-10(13-14)11-4-6-12(7-5-11)15-8-3-9-16-2/h4-7,14H,3,8-9H2,1-2H3/b13-10+. The fourth-order valence-electron chi connectivity index (χ4n) is 1.24. The van der Waals surface area contributed by atoms with E-state index in [9.17, 15) is 0 Å². The van der Waals surface area contributed by atoms with Crippen LogP contribution in [0, 0.1) is 0 Å².